The molecule has 0 aromatic heterocycles. The first-order valence-corrected chi connectivity index (χ1v) is 8.41. The summed E-state index contributed by atoms with van der Waals surface area (Å²) in [6.07, 6.45) is 0.526. The number of likely N-dealkylation sites (tertiary alicyclic amines) is 1. The van der Waals surface area contributed by atoms with Gasteiger partial charge in [-0.25, -0.2) is 0 Å². The second kappa shape index (κ2) is 8.86. The molecule has 0 unspecified atom stereocenters. The molecule has 1 fully saturated rings. The molecule has 1 N–H and O–H groups in total. The number of hydrogen-bond donors (Lipinski definition) is 1. The Morgan fingerprint density at radius 3 is 2.32 bits per heavy atom. The zero-order valence-corrected chi connectivity index (χ0v) is 16.9. The monoisotopic (exact) mass is 346 g/mol. The first kappa shape index (κ1) is 20.0. The van der Waals surface area contributed by atoms with Crippen molar-refractivity contribution in [1.29, 1.82) is 0 Å². The van der Waals surface area contributed by atoms with Crippen molar-refractivity contribution < 1.29 is 39.5 Å². The fourth-order valence-corrected chi connectivity index (χ4v) is 3.52. The fourth-order valence-electron chi connectivity index (χ4n) is 3.52. The summed E-state index contributed by atoms with van der Waals surface area (Å²) in [6.45, 7) is 4.29. The molecule has 0 radical (unpaired) electrons. The van der Waals surface area contributed by atoms with Crippen LogP contribution in [-0.2, 0) is 11.3 Å². The van der Waals surface area contributed by atoms with Crippen molar-refractivity contribution in [3.63, 3.8) is 0 Å². The molecular weight excluding hydrogens is 323 g/mol. The minimum atomic E-state index is -1.02. The van der Waals surface area contributed by atoms with Crippen molar-refractivity contribution >= 4 is 11.7 Å². The number of carboxylic acids is 1. The molecule has 2 aromatic rings. The first-order valence-electron chi connectivity index (χ1n) is 8.41. The molecule has 0 bridgehead atoms. The molecule has 0 saturated carbocycles. The zero-order chi connectivity index (χ0) is 17.0. The van der Waals surface area contributed by atoms with Crippen LogP contribution in [0.5, 0.6) is 0 Å². The molecule has 4 nitrogen and oxygen atoms in total. The summed E-state index contributed by atoms with van der Waals surface area (Å²) in [5, 5.41) is 15.2. The summed E-state index contributed by atoms with van der Waals surface area (Å²) in [7, 11) is 0. The van der Waals surface area contributed by atoms with E-state index < -0.39 is 11.5 Å². The van der Waals surface area contributed by atoms with Crippen LogP contribution in [0, 0.1) is 5.92 Å². The molecule has 1 aliphatic rings. The van der Waals surface area contributed by atoms with Gasteiger partial charge in [0, 0.05) is 25.3 Å². The van der Waals surface area contributed by atoms with E-state index in [2.05, 4.69) is 22.3 Å². The number of para-hydroxylation sites is 1. The Morgan fingerprint density at radius 1 is 1.16 bits per heavy atom. The number of anilines is 1. The van der Waals surface area contributed by atoms with E-state index in [1.807, 2.05) is 55.5 Å². The van der Waals surface area contributed by atoms with E-state index in [-0.39, 0.29) is 35.5 Å². The number of piperidine rings is 1. The van der Waals surface area contributed by atoms with E-state index in [9.17, 15) is 9.90 Å². The summed E-state index contributed by atoms with van der Waals surface area (Å²) in [6, 6.07) is 19.8. The maximum atomic E-state index is 12.0. The number of hydrogen-bond acceptors (Lipinski definition) is 4. The molecule has 1 heterocycles. The van der Waals surface area contributed by atoms with E-state index in [1.54, 1.807) is 0 Å². The van der Waals surface area contributed by atoms with Gasteiger partial charge in [-0.1, -0.05) is 55.5 Å². The Hall–Kier alpha value is -1.33. The normalized spacial score (nSPS) is 23.5. The predicted molar refractivity (Wildman–Crippen MR) is 93.3 cm³/mol. The number of aliphatic carboxylic acids is 1. The van der Waals surface area contributed by atoms with Crippen LogP contribution < -0.4 is 40.0 Å². The third-order valence-corrected chi connectivity index (χ3v) is 4.95. The van der Waals surface area contributed by atoms with Crippen LogP contribution in [0.15, 0.2) is 60.7 Å². The van der Waals surface area contributed by atoms with Gasteiger partial charge in [-0.3, -0.25) is 4.90 Å². The molecule has 1 aliphatic heterocycles. The second-order valence-corrected chi connectivity index (χ2v) is 6.62. The number of rotatable bonds is 5. The minimum absolute atomic E-state index is 0. The molecule has 0 aliphatic carbocycles. The number of carbonyl (C=O) groups excluding carboxylic acids is 1. The van der Waals surface area contributed by atoms with Crippen molar-refractivity contribution in [3.8, 4) is 0 Å². The van der Waals surface area contributed by atoms with Crippen molar-refractivity contribution in [2.75, 3.05) is 18.4 Å². The summed E-state index contributed by atoms with van der Waals surface area (Å²) in [5.41, 5.74) is 1.06. The maximum Gasteiger partial charge on any atom is 1.00 e. The van der Waals surface area contributed by atoms with Gasteiger partial charge in [0.1, 0.15) is 0 Å². The molecule has 5 heteroatoms. The van der Waals surface area contributed by atoms with Crippen LogP contribution in [0.4, 0.5) is 5.69 Å². The molecule has 0 amide bonds. The van der Waals surface area contributed by atoms with Crippen LogP contribution in [0.2, 0.25) is 0 Å². The molecule has 3 rings (SSSR count). The third kappa shape index (κ3) is 4.64. The van der Waals surface area contributed by atoms with Crippen molar-refractivity contribution in [2.24, 2.45) is 5.92 Å². The van der Waals surface area contributed by atoms with Crippen LogP contribution in [0.25, 0.3) is 0 Å². The van der Waals surface area contributed by atoms with E-state index in [0.29, 0.717) is 6.42 Å². The average Bonchev–Trinajstić information content (AvgIpc) is 2.59. The van der Waals surface area contributed by atoms with Gasteiger partial charge < -0.3 is 15.2 Å². The van der Waals surface area contributed by atoms with Gasteiger partial charge in [0.05, 0.1) is 11.5 Å². The third-order valence-electron chi connectivity index (χ3n) is 4.95. The van der Waals surface area contributed by atoms with Crippen molar-refractivity contribution in [2.45, 2.75) is 25.4 Å². The molecule has 1 saturated heterocycles. The SMILES string of the molecule is C[C@H]1CN(Cc2ccccc2)CC[C@@]1(Nc1ccccc1)C(=O)[O-].[Na+]. The molecule has 126 valence electrons. The largest absolute Gasteiger partial charge is 1.00 e. The van der Waals surface area contributed by atoms with E-state index >= 15 is 0 Å². The molecule has 0 spiro atoms. The Labute approximate surface area is 171 Å². The molecule has 2 aromatic carbocycles. The zero-order valence-electron chi connectivity index (χ0n) is 14.9. The fraction of sp³-hybridized carbons (Fsp3) is 0.350. The second-order valence-electron chi connectivity index (χ2n) is 6.62. The Kier molecular flexibility index (Phi) is 7.08. The average molecular weight is 346 g/mol. The van der Waals surface area contributed by atoms with Gasteiger partial charge in [-0.05, 0) is 30.0 Å². The first-order chi connectivity index (χ1) is 11.6. The summed E-state index contributed by atoms with van der Waals surface area (Å²) >= 11 is 0. The summed E-state index contributed by atoms with van der Waals surface area (Å²) in [5.74, 6) is -1.07. The van der Waals surface area contributed by atoms with Crippen LogP contribution in [-0.4, -0.2) is 29.5 Å². The molecular formula is C20H23N2NaO2. The quantitative estimate of drug-likeness (QED) is 0.716. The van der Waals surface area contributed by atoms with Gasteiger partial charge in [0.25, 0.3) is 0 Å². The smallest absolute Gasteiger partial charge is 0.548 e. The minimum Gasteiger partial charge on any atom is -0.548 e. The standard InChI is InChI=1S/C20H24N2O2.Na/c1-16-14-22(15-17-8-4-2-5-9-17)13-12-20(16,19(23)24)21-18-10-6-3-7-11-18;/h2-11,16,21H,12-15H2,1H3,(H,23,24);/q;+1/p-1/t16-,20-;/m0./s1. The Bertz CT molecular complexity index is 681. The van der Waals surface area contributed by atoms with E-state index in [0.717, 1.165) is 25.3 Å². The Balaban J connectivity index is 0.00000225. The number of nitrogens with one attached hydrogen (secondary N) is 1. The number of carboxylic acid groups (broad SMARTS) is 1. The van der Waals surface area contributed by atoms with Crippen LogP contribution in [0.1, 0.15) is 18.9 Å². The summed E-state index contributed by atoms with van der Waals surface area (Å²) in [4.78, 5) is 14.3. The topological polar surface area (TPSA) is 55.4 Å². The number of nitrogens with zero attached hydrogens (tertiary/aromatic N) is 1. The number of carbonyl (C=O) groups is 1. The van der Waals surface area contributed by atoms with Crippen molar-refractivity contribution in [3.05, 3.63) is 66.2 Å². The maximum absolute atomic E-state index is 12.0. The predicted octanol–water partition coefficient (Wildman–Crippen LogP) is -0.867. The van der Waals surface area contributed by atoms with Gasteiger partial charge >= 0.3 is 29.6 Å². The van der Waals surface area contributed by atoms with E-state index in [4.69, 9.17) is 0 Å². The molecule has 2 atom stereocenters. The van der Waals surface area contributed by atoms with Gasteiger partial charge in [0.2, 0.25) is 0 Å². The van der Waals surface area contributed by atoms with Crippen molar-refractivity contribution in [1.82, 2.24) is 4.90 Å². The molecule has 25 heavy (non-hydrogen) atoms. The van der Waals surface area contributed by atoms with Gasteiger partial charge in [-0.15, -0.1) is 0 Å². The summed E-state index contributed by atoms with van der Waals surface area (Å²) < 4.78 is 0. The van der Waals surface area contributed by atoms with E-state index in [1.165, 1.54) is 5.56 Å². The Morgan fingerprint density at radius 2 is 1.76 bits per heavy atom. The number of benzene rings is 2. The van der Waals surface area contributed by atoms with Crippen LogP contribution in [0.3, 0.4) is 0 Å². The van der Waals surface area contributed by atoms with Gasteiger partial charge in [0.15, 0.2) is 0 Å². The van der Waals surface area contributed by atoms with Gasteiger partial charge in [-0.2, -0.15) is 0 Å². The van der Waals surface area contributed by atoms with Crippen LogP contribution >= 0.6 is 0 Å².